The van der Waals surface area contributed by atoms with Gasteiger partial charge in [0.1, 0.15) is 11.8 Å². The van der Waals surface area contributed by atoms with Crippen molar-refractivity contribution < 1.29 is 14.6 Å². The summed E-state index contributed by atoms with van der Waals surface area (Å²) in [7, 11) is 0. The summed E-state index contributed by atoms with van der Waals surface area (Å²) < 4.78 is 5.08. The van der Waals surface area contributed by atoms with Gasteiger partial charge in [0, 0.05) is 0 Å². The van der Waals surface area contributed by atoms with Gasteiger partial charge in [0.05, 0.1) is 6.61 Å². The lowest BCUT2D eigenvalue weighted by Gasteiger charge is -2.17. The number of carbonyl (C=O) groups is 1. The third kappa shape index (κ3) is 5.75. The molecule has 19 heavy (non-hydrogen) atoms. The summed E-state index contributed by atoms with van der Waals surface area (Å²) in [6.45, 7) is 5.11. The second kappa shape index (κ2) is 8.53. The van der Waals surface area contributed by atoms with Gasteiger partial charge in [-0.1, -0.05) is 25.5 Å². The van der Waals surface area contributed by atoms with Crippen LogP contribution in [0.3, 0.4) is 0 Å². The zero-order chi connectivity index (χ0) is 14.1. The molecule has 4 heteroatoms. The van der Waals surface area contributed by atoms with Crippen LogP contribution in [0, 0.1) is 0 Å². The highest BCUT2D eigenvalue weighted by molar-refractivity contribution is 5.76. The molecule has 1 aromatic carbocycles. The Balaban J connectivity index is 2.61. The van der Waals surface area contributed by atoms with Crippen LogP contribution in [0.25, 0.3) is 0 Å². The van der Waals surface area contributed by atoms with Gasteiger partial charge in [-0.3, -0.25) is 4.79 Å². The maximum absolute atomic E-state index is 11.9. The molecule has 0 saturated carbocycles. The van der Waals surface area contributed by atoms with Crippen molar-refractivity contribution in [3.05, 3.63) is 29.8 Å². The Hall–Kier alpha value is -1.55. The van der Waals surface area contributed by atoms with Crippen LogP contribution in [-0.2, 0) is 16.0 Å². The second-order valence-corrected chi connectivity index (χ2v) is 4.48. The predicted octanol–water partition coefficient (Wildman–Crippen LogP) is 2.26. The number of rotatable bonds is 8. The van der Waals surface area contributed by atoms with Crippen molar-refractivity contribution in [1.29, 1.82) is 0 Å². The molecule has 1 unspecified atom stereocenters. The molecule has 0 fully saturated rings. The lowest BCUT2D eigenvalue weighted by molar-refractivity contribution is -0.145. The largest absolute Gasteiger partial charge is 0.508 e. The molecule has 0 spiro atoms. The molecule has 0 bridgehead atoms. The number of phenolic OH excluding ortho intramolecular Hbond substituents is 1. The number of aromatic hydroxyl groups is 1. The molecule has 0 saturated heterocycles. The molecule has 4 nitrogen and oxygen atoms in total. The standard InChI is InChI=1S/C15H23NO3/c1-3-5-10-16-14(15(18)19-4-2)11-12-6-8-13(17)9-7-12/h6-9,14,16-17H,3-5,10-11H2,1-2H3. The van der Waals surface area contributed by atoms with Gasteiger partial charge in [-0.05, 0) is 44.0 Å². The maximum atomic E-state index is 11.9. The average molecular weight is 265 g/mol. The Morgan fingerprint density at radius 1 is 1.32 bits per heavy atom. The van der Waals surface area contributed by atoms with E-state index in [2.05, 4.69) is 12.2 Å². The summed E-state index contributed by atoms with van der Waals surface area (Å²) in [5, 5.41) is 12.5. The van der Waals surface area contributed by atoms with Crippen molar-refractivity contribution in [2.75, 3.05) is 13.2 Å². The lowest BCUT2D eigenvalue weighted by Crippen LogP contribution is -2.40. The van der Waals surface area contributed by atoms with Gasteiger partial charge in [-0.2, -0.15) is 0 Å². The van der Waals surface area contributed by atoms with E-state index in [1.807, 2.05) is 19.1 Å². The van der Waals surface area contributed by atoms with E-state index in [0.717, 1.165) is 24.9 Å². The molecular formula is C15H23NO3. The summed E-state index contributed by atoms with van der Waals surface area (Å²) in [6.07, 6.45) is 2.69. The van der Waals surface area contributed by atoms with Crippen LogP contribution in [0.1, 0.15) is 32.3 Å². The fourth-order valence-electron chi connectivity index (χ4n) is 1.80. The van der Waals surface area contributed by atoms with Gasteiger partial charge in [-0.25, -0.2) is 0 Å². The second-order valence-electron chi connectivity index (χ2n) is 4.48. The number of ether oxygens (including phenoxy) is 1. The van der Waals surface area contributed by atoms with Crippen LogP contribution in [0.2, 0.25) is 0 Å². The number of benzene rings is 1. The Morgan fingerprint density at radius 3 is 2.58 bits per heavy atom. The van der Waals surface area contributed by atoms with Crippen molar-refractivity contribution in [3.63, 3.8) is 0 Å². The number of carbonyl (C=O) groups excluding carboxylic acids is 1. The van der Waals surface area contributed by atoms with Crippen LogP contribution >= 0.6 is 0 Å². The highest BCUT2D eigenvalue weighted by Crippen LogP contribution is 2.12. The zero-order valence-electron chi connectivity index (χ0n) is 11.7. The Labute approximate surface area is 114 Å². The van der Waals surface area contributed by atoms with Gasteiger partial charge in [0.25, 0.3) is 0 Å². The Kier molecular flexibility index (Phi) is 6.97. The molecule has 0 heterocycles. The molecule has 106 valence electrons. The third-order valence-corrected chi connectivity index (χ3v) is 2.87. The number of nitrogens with one attached hydrogen (secondary N) is 1. The Morgan fingerprint density at radius 2 is 2.00 bits per heavy atom. The van der Waals surface area contributed by atoms with E-state index in [4.69, 9.17) is 4.74 Å². The third-order valence-electron chi connectivity index (χ3n) is 2.87. The first kappa shape index (κ1) is 15.5. The molecular weight excluding hydrogens is 242 g/mol. The predicted molar refractivity (Wildman–Crippen MR) is 75.1 cm³/mol. The SMILES string of the molecule is CCCCNC(Cc1ccc(O)cc1)C(=O)OCC. The minimum atomic E-state index is -0.323. The van der Waals surface area contributed by atoms with Crippen molar-refractivity contribution in [3.8, 4) is 5.75 Å². The smallest absolute Gasteiger partial charge is 0.323 e. The van der Waals surface area contributed by atoms with Crippen LogP contribution in [-0.4, -0.2) is 30.3 Å². The fourth-order valence-corrected chi connectivity index (χ4v) is 1.80. The number of hydrogen-bond acceptors (Lipinski definition) is 4. The molecule has 0 aromatic heterocycles. The maximum Gasteiger partial charge on any atom is 0.323 e. The molecule has 2 N–H and O–H groups in total. The van der Waals surface area contributed by atoms with E-state index in [1.54, 1.807) is 12.1 Å². The van der Waals surface area contributed by atoms with E-state index in [1.165, 1.54) is 0 Å². The molecule has 0 aliphatic heterocycles. The van der Waals surface area contributed by atoms with Gasteiger partial charge in [-0.15, -0.1) is 0 Å². The topological polar surface area (TPSA) is 58.6 Å². The van der Waals surface area contributed by atoms with Crippen molar-refractivity contribution >= 4 is 5.97 Å². The molecule has 0 aliphatic rings. The molecule has 1 rings (SSSR count). The van der Waals surface area contributed by atoms with E-state index in [-0.39, 0.29) is 17.8 Å². The van der Waals surface area contributed by atoms with Crippen LogP contribution < -0.4 is 5.32 Å². The van der Waals surface area contributed by atoms with E-state index < -0.39 is 0 Å². The minimum absolute atomic E-state index is 0.216. The quantitative estimate of drug-likeness (QED) is 0.559. The highest BCUT2D eigenvalue weighted by Gasteiger charge is 2.19. The molecule has 1 atom stereocenters. The van der Waals surface area contributed by atoms with E-state index >= 15 is 0 Å². The summed E-state index contributed by atoms with van der Waals surface area (Å²) in [5.74, 6) is 0.0158. The molecule has 1 aromatic rings. The summed E-state index contributed by atoms with van der Waals surface area (Å²) in [4.78, 5) is 11.9. The van der Waals surface area contributed by atoms with Crippen LogP contribution in [0.4, 0.5) is 0 Å². The van der Waals surface area contributed by atoms with Gasteiger partial charge < -0.3 is 15.2 Å². The first-order valence-corrected chi connectivity index (χ1v) is 6.85. The van der Waals surface area contributed by atoms with Crippen LogP contribution in [0.5, 0.6) is 5.75 Å². The van der Waals surface area contributed by atoms with Crippen LogP contribution in [0.15, 0.2) is 24.3 Å². The summed E-state index contributed by atoms with van der Waals surface area (Å²) in [5.41, 5.74) is 1.000. The minimum Gasteiger partial charge on any atom is -0.508 e. The summed E-state index contributed by atoms with van der Waals surface area (Å²) >= 11 is 0. The normalized spacial score (nSPS) is 12.1. The lowest BCUT2D eigenvalue weighted by atomic mass is 10.1. The molecule has 0 amide bonds. The van der Waals surface area contributed by atoms with Crippen molar-refractivity contribution in [2.24, 2.45) is 0 Å². The zero-order valence-corrected chi connectivity index (χ0v) is 11.7. The highest BCUT2D eigenvalue weighted by atomic mass is 16.5. The molecule has 0 radical (unpaired) electrons. The van der Waals surface area contributed by atoms with Gasteiger partial charge >= 0.3 is 5.97 Å². The number of unbranched alkanes of at least 4 members (excludes halogenated alkanes) is 1. The number of phenols is 1. The molecule has 0 aliphatic carbocycles. The summed E-state index contributed by atoms with van der Waals surface area (Å²) in [6, 6.07) is 6.58. The first-order chi connectivity index (χ1) is 9.17. The number of hydrogen-bond donors (Lipinski definition) is 2. The van der Waals surface area contributed by atoms with E-state index in [9.17, 15) is 9.90 Å². The van der Waals surface area contributed by atoms with E-state index in [0.29, 0.717) is 13.0 Å². The monoisotopic (exact) mass is 265 g/mol. The van der Waals surface area contributed by atoms with Gasteiger partial charge in [0.15, 0.2) is 0 Å². The van der Waals surface area contributed by atoms with Crippen molar-refractivity contribution in [1.82, 2.24) is 5.32 Å². The first-order valence-electron chi connectivity index (χ1n) is 6.85. The van der Waals surface area contributed by atoms with Gasteiger partial charge in [0.2, 0.25) is 0 Å². The van der Waals surface area contributed by atoms with Crippen molar-refractivity contribution in [2.45, 2.75) is 39.2 Å². The average Bonchev–Trinajstić information content (AvgIpc) is 2.40. The Bertz CT molecular complexity index is 375. The fraction of sp³-hybridized carbons (Fsp3) is 0.533. The number of esters is 1.